The molecule has 2 N–H and O–H groups in total. The molecule has 94 valence electrons. The SMILES string of the molecule is CNc1nc(NC(C)(C)C2CC2)c(Cl)cc1Cl. The Hall–Kier alpha value is -0.670. The minimum Gasteiger partial charge on any atom is -0.372 e. The van der Waals surface area contributed by atoms with Crippen LogP contribution < -0.4 is 10.6 Å². The summed E-state index contributed by atoms with van der Waals surface area (Å²) in [5.74, 6) is 2.04. The molecule has 0 radical (unpaired) electrons. The van der Waals surface area contributed by atoms with Crippen LogP contribution in [0.5, 0.6) is 0 Å². The van der Waals surface area contributed by atoms with Gasteiger partial charge < -0.3 is 10.6 Å². The number of hydrogen-bond donors (Lipinski definition) is 2. The van der Waals surface area contributed by atoms with E-state index in [2.05, 4.69) is 29.5 Å². The molecule has 1 aliphatic rings. The second kappa shape index (κ2) is 4.54. The predicted molar refractivity (Wildman–Crippen MR) is 74.2 cm³/mol. The summed E-state index contributed by atoms with van der Waals surface area (Å²) in [5.41, 5.74) is 0.0233. The fraction of sp³-hybridized carbons (Fsp3) is 0.583. The fourth-order valence-electron chi connectivity index (χ4n) is 1.94. The van der Waals surface area contributed by atoms with Crippen LogP contribution in [0.3, 0.4) is 0 Å². The number of anilines is 2. The quantitative estimate of drug-likeness (QED) is 0.870. The zero-order chi connectivity index (χ0) is 12.6. The van der Waals surface area contributed by atoms with Gasteiger partial charge in [-0.15, -0.1) is 0 Å². The minimum atomic E-state index is 0.0233. The molecule has 1 fully saturated rings. The van der Waals surface area contributed by atoms with Gasteiger partial charge in [0.15, 0.2) is 0 Å². The Morgan fingerprint density at radius 2 is 1.82 bits per heavy atom. The van der Waals surface area contributed by atoms with Gasteiger partial charge in [-0.3, -0.25) is 0 Å². The number of hydrogen-bond acceptors (Lipinski definition) is 3. The number of rotatable bonds is 4. The summed E-state index contributed by atoms with van der Waals surface area (Å²) >= 11 is 12.2. The summed E-state index contributed by atoms with van der Waals surface area (Å²) < 4.78 is 0. The van der Waals surface area contributed by atoms with Crippen LogP contribution in [0.15, 0.2) is 6.07 Å². The number of nitrogens with zero attached hydrogens (tertiary/aromatic N) is 1. The Morgan fingerprint density at radius 1 is 1.24 bits per heavy atom. The molecule has 0 bridgehead atoms. The molecule has 0 atom stereocenters. The third-order valence-electron chi connectivity index (χ3n) is 3.20. The summed E-state index contributed by atoms with van der Waals surface area (Å²) in [4.78, 5) is 4.40. The lowest BCUT2D eigenvalue weighted by Gasteiger charge is -2.27. The van der Waals surface area contributed by atoms with Gasteiger partial charge in [0.05, 0.1) is 10.0 Å². The third-order valence-corrected chi connectivity index (χ3v) is 3.78. The molecule has 0 spiro atoms. The molecule has 1 aliphatic carbocycles. The third kappa shape index (κ3) is 2.78. The van der Waals surface area contributed by atoms with E-state index >= 15 is 0 Å². The highest BCUT2D eigenvalue weighted by Crippen LogP contribution is 2.42. The molecule has 17 heavy (non-hydrogen) atoms. The number of nitrogens with one attached hydrogen (secondary N) is 2. The van der Waals surface area contributed by atoms with Crippen LogP contribution in [0.2, 0.25) is 10.0 Å². The van der Waals surface area contributed by atoms with Gasteiger partial charge in [0.1, 0.15) is 11.6 Å². The van der Waals surface area contributed by atoms with Gasteiger partial charge in [0.25, 0.3) is 0 Å². The predicted octanol–water partition coefficient (Wildman–Crippen LogP) is 4.03. The molecule has 0 aliphatic heterocycles. The minimum absolute atomic E-state index is 0.0233. The molecule has 0 aromatic carbocycles. The van der Waals surface area contributed by atoms with Crippen molar-refractivity contribution in [1.29, 1.82) is 0 Å². The molecule has 1 aromatic heterocycles. The van der Waals surface area contributed by atoms with E-state index in [1.165, 1.54) is 12.8 Å². The highest BCUT2D eigenvalue weighted by Gasteiger charge is 2.38. The van der Waals surface area contributed by atoms with Crippen molar-refractivity contribution in [1.82, 2.24) is 4.98 Å². The summed E-state index contributed by atoms with van der Waals surface area (Å²) in [6, 6.07) is 1.72. The molecule has 3 nitrogen and oxygen atoms in total. The van der Waals surface area contributed by atoms with Crippen LogP contribution in [-0.4, -0.2) is 17.6 Å². The van der Waals surface area contributed by atoms with Crippen LogP contribution in [0.4, 0.5) is 11.6 Å². The monoisotopic (exact) mass is 273 g/mol. The first-order chi connectivity index (χ1) is 7.94. The average Bonchev–Trinajstić information content (AvgIpc) is 3.05. The molecular weight excluding hydrogens is 257 g/mol. The van der Waals surface area contributed by atoms with Crippen molar-refractivity contribution in [2.24, 2.45) is 5.92 Å². The van der Waals surface area contributed by atoms with Gasteiger partial charge in [0, 0.05) is 12.6 Å². The first-order valence-electron chi connectivity index (χ1n) is 5.76. The van der Waals surface area contributed by atoms with E-state index in [-0.39, 0.29) is 5.54 Å². The van der Waals surface area contributed by atoms with Crippen LogP contribution >= 0.6 is 23.2 Å². The summed E-state index contributed by atoms with van der Waals surface area (Å²) in [6.45, 7) is 4.35. The summed E-state index contributed by atoms with van der Waals surface area (Å²) in [5, 5.41) is 7.45. The van der Waals surface area contributed by atoms with Crippen molar-refractivity contribution in [2.45, 2.75) is 32.2 Å². The van der Waals surface area contributed by atoms with Crippen molar-refractivity contribution in [3.63, 3.8) is 0 Å². The van der Waals surface area contributed by atoms with Gasteiger partial charge >= 0.3 is 0 Å². The maximum atomic E-state index is 6.15. The van der Waals surface area contributed by atoms with E-state index in [1.807, 2.05) is 0 Å². The lowest BCUT2D eigenvalue weighted by molar-refractivity contribution is 0.493. The number of pyridine rings is 1. The van der Waals surface area contributed by atoms with Gasteiger partial charge in [-0.05, 0) is 38.7 Å². The first kappa shape index (κ1) is 12.8. The van der Waals surface area contributed by atoms with Crippen molar-refractivity contribution in [3.05, 3.63) is 16.1 Å². The molecular formula is C12H17Cl2N3. The highest BCUT2D eigenvalue weighted by atomic mass is 35.5. The second-order valence-electron chi connectivity index (χ2n) is 5.02. The number of aromatic nitrogens is 1. The Bertz CT molecular complexity index is 428. The van der Waals surface area contributed by atoms with Crippen molar-refractivity contribution >= 4 is 34.8 Å². The highest BCUT2D eigenvalue weighted by molar-refractivity contribution is 6.37. The topological polar surface area (TPSA) is 37.0 Å². The van der Waals surface area contributed by atoms with E-state index in [9.17, 15) is 0 Å². The average molecular weight is 274 g/mol. The van der Waals surface area contributed by atoms with Crippen LogP contribution in [0.1, 0.15) is 26.7 Å². The van der Waals surface area contributed by atoms with Crippen molar-refractivity contribution in [3.8, 4) is 0 Å². The fourth-order valence-corrected chi connectivity index (χ4v) is 2.44. The zero-order valence-electron chi connectivity index (χ0n) is 10.3. The van der Waals surface area contributed by atoms with E-state index in [4.69, 9.17) is 23.2 Å². The molecule has 2 rings (SSSR count). The molecule has 1 saturated carbocycles. The van der Waals surface area contributed by atoms with E-state index in [0.29, 0.717) is 27.6 Å². The zero-order valence-corrected chi connectivity index (χ0v) is 11.8. The van der Waals surface area contributed by atoms with Gasteiger partial charge in [-0.25, -0.2) is 4.98 Å². The van der Waals surface area contributed by atoms with Gasteiger partial charge in [-0.2, -0.15) is 0 Å². The Kier molecular flexibility index (Phi) is 3.41. The maximum absolute atomic E-state index is 6.15. The van der Waals surface area contributed by atoms with E-state index in [1.54, 1.807) is 13.1 Å². The lowest BCUT2D eigenvalue weighted by atomic mass is 9.99. The maximum Gasteiger partial charge on any atom is 0.147 e. The Morgan fingerprint density at radius 3 is 2.35 bits per heavy atom. The molecule has 1 heterocycles. The molecule has 0 saturated heterocycles. The van der Waals surface area contributed by atoms with Crippen molar-refractivity contribution < 1.29 is 0 Å². The number of halogens is 2. The van der Waals surface area contributed by atoms with E-state index in [0.717, 1.165) is 0 Å². The van der Waals surface area contributed by atoms with Crippen LogP contribution in [0.25, 0.3) is 0 Å². The first-order valence-corrected chi connectivity index (χ1v) is 6.51. The smallest absolute Gasteiger partial charge is 0.147 e. The molecule has 0 amide bonds. The molecule has 5 heteroatoms. The molecule has 0 unspecified atom stereocenters. The Labute approximate surface area is 112 Å². The van der Waals surface area contributed by atoms with E-state index < -0.39 is 0 Å². The normalized spacial score (nSPS) is 15.8. The lowest BCUT2D eigenvalue weighted by Crippen LogP contribution is -2.33. The standard InChI is InChI=1S/C12H17Cl2N3/c1-12(2,7-4-5-7)17-11-9(14)6-8(13)10(15-3)16-11/h6-7H,4-5H2,1-3H3,(H2,15,16,17). The second-order valence-corrected chi connectivity index (χ2v) is 5.83. The summed E-state index contributed by atoms with van der Waals surface area (Å²) in [7, 11) is 1.79. The largest absolute Gasteiger partial charge is 0.372 e. The van der Waals surface area contributed by atoms with Crippen LogP contribution in [-0.2, 0) is 0 Å². The van der Waals surface area contributed by atoms with Crippen molar-refractivity contribution in [2.75, 3.05) is 17.7 Å². The van der Waals surface area contributed by atoms with Crippen LogP contribution in [0, 0.1) is 5.92 Å². The summed E-state index contributed by atoms with van der Waals surface area (Å²) in [6.07, 6.45) is 2.54. The molecule has 1 aromatic rings. The van der Waals surface area contributed by atoms with Gasteiger partial charge in [0.2, 0.25) is 0 Å². The van der Waals surface area contributed by atoms with Gasteiger partial charge in [-0.1, -0.05) is 23.2 Å². The Balaban J connectivity index is 2.25.